The molecule has 0 bridgehead atoms. The standard InChI is InChI=1S/C14H17F3N2O3.ClH/c1-9-6-10(2-3-12(9)22-8-14(15,16)17)19-13(20)11-7-21-5-4-18-11;/h2-3,6,11,18H,4-5,7-8H2,1H3,(H,19,20);1H. The van der Waals surface area contributed by atoms with Crippen LogP contribution in [0.25, 0.3) is 0 Å². The Kier molecular flexibility index (Phi) is 7.11. The smallest absolute Gasteiger partial charge is 0.422 e. The predicted octanol–water partition coefficient (Wildman–Crippen LogP) is 2.28. The molecule has 0 aliphatic carbocycles. The Morgan fingerprint density at radius 3 is 2.78 bits per heavy atom. The van der Waals surface area contributed by atoms with Gasteiger partial charge in [0.2, 0.25) is 5.91 Å². The second-order valence-corrected chi connectivity index (χ2v) is 4.96. The molecule has 1 amide bonds. The highest BCUT2D eigenvalue weighted by Gasteiger charge is 2.28. The van der Waals surface area contributed by atoms with Gasteiger partial charge in [-0.3, -0.25) is 4.79 Å². The lowest BCUT2D eigenvalue weighted by molar-refractivity contribution is -0.153. The Morgan fingerprint density at radius 2 is 2.22 bits per heavy atom. The average molecular weight is 355 g/mol. The van der Waals surface area contributed by atoms with Crippen molar-refractivity contribution in [2.24, 2.45) is 0 Å². The Hall–Kier alpha value is -1.51. The molecule has 1 aromatic carbocycles. The minimum Gasteiger partial charge on any atom is -0.484 e. The highest BCUT2D eigenvalue weighted by Crippen LogP contribution is 2.24. The first-order valence-corrected chi connectivity index (χ1v) is 6.77. The van der Waals surface area contributed by atoms with E-state index >= 15 is 0 Å². The molecule has 0 spiro atoms. The monoisotopic (exact) mass is 354 g/mol. The maximum absolute atomic E-state index is 12.1. The third-order valence-corrected chi connectivity index (χ3v) is 3.07. The second kappa shape index (κ2) is 8.37. The highest BCUT2D eigenvalue weighted by atomic mass is 35.5. The second-order valence-electron chi connectivity index (χ2n) is 4.96. The molecule has 130 valence electrons. The van der Waals surface area contributed by atoms with Crippen LogP contribution in [-0.2, 0) is 9.53 Å². The van der Waals surface area contributed by atoms with Gasteiger partial charge in [-0.2, -0.15) is 13.2 Å². The summed E-state index contributed by atoms with van der Waals surface area (Å²) in [5, 5.41) is 5.71. The van der Waals surface area contributed by atoms with Crippen LogP contribution in [0.15, 0.2) is 18.2 Å². The van der Waals surface area contributed by atoms with Crippen molar-refractivity contribution in [2.75, 3.05) is 31.7 Å². The third-order valence-electron chi connectivity index (χ3n) is 3.07. The molecule has 1 heterocycles. The summed E-state index contributed by atoms with van der Waals surface area (Å²) in [6.07, 6.45) is -4.38. The number of anilines is 1. The molecule has 1 aliphatic rings. The molecule has 1 fully saturated rings. The summed E-state index contributed by atoms with van der Waals surface area (Å²) in [6, 6.07) is 4.03. The number of morpholine rings is 1. The van der Waals surface area contributed by atoms with Gasteiger partial charge in [0, 0.05) is 12.2 Å². The number of amides is 1. The number of aryl methyl sites for hydroxylation is 1. The van der Waals surface area contributed by atoms with E-state index in [9.17, 15) is 18.0 Å². The van der Waals surface area contributed by atoms with E-state index in [0.717, 1.165) is 0 Å². The number of carbonyl (C=O) groups excluding carboxylic acids is 1. The normalized spacial score (nSPS) is 18.0. The van der Waals surface area contributed by atoms with E-state index in [2.05, 4.69) is 10.6 Å². The molecule has 23 heavy (non-hydrogen) atoms. The lowest BCUT2D eigenvalue weighted by Crippen LogP contribution is -2.48. The van der Waals surface area contributed by atoms with E-state index in [1.165, 1.54) is 12.1 Å². The number of hydrogen-bond acceptors (Lipinski definition) is 4. The van der Waals surface area contributed by atoms with E-state index in [-0.39, 0.29) is 30.7 Å². The number of ether oxygens (including phenoxy) is 2. The van der Waals surface area contributed by atoms with Crippen molar-refractivity contribution >= 4 is 24.0 Å². The molecule has 9 heteroatoms. The van der Waals surface area contributed by atoms with Crippen molar-refractivity contribution in [3.63, 3.8) is 0 Å². The largest absolute Gasteiger partial charge is 0.484 e. The fraction of sp³-hybridized carbons (Fsp3) is 0.500. The number of halogens is 4. The minimum atomic E-state index is -4.38. The first-order chi connectivity index (χ1) is 10.3. The minimum absolute atomic E-state index is 0. The molecule has 1 saturated heterocycles. The average Bonchev–Trinajstić information content (AvgIpc) is 2.46. The van der Waals surface area contributed by atoms with E-state index in [4.69, 9.17) is 9.47 Å². The van der Waals surface area contributed by atoms with Crippen LogP contribution >= 0.6 is 12.4 Å². The summed E-state index contributed by atoms with van der Waals surface area (Å²) in [5.41, 5.74) is 1.00. The Bertz CT molecular complexity index is 534. The Morgan fingerprint density at radius 1 is 1.48 bits per heavy atom. The highest BCUT2D eigenvalue weighted by molar-refractivity contribution is 5.95. The predicted molar refractivity (Wildman–Crippen MR) is 81.2 cm³/mol. The first kappa shape index (κ1) is 19.5. The maximum atomic E-state index is 12.1. The summed E-state index contributed by atoms with van der Waals surface area (Å²) in [4.78, 5) is 12.0. The molecule has 1 aromatic rings. The third kappa shape index (κ3) is 6.25. The van der Waals surface area contributed by atoms with Crippen molar-refractivity contribution in [3.8, 4) is 5.75 Å². The van der Waals surface area contributed by atoms with Crippen molar-refractivity contribution in [2.45, 2.75) is 19.1 Å². The van der Waals surface area contributed by atoms with Gasteiger partial charge in [0.25, 0.3) is 0 Å². The summed E-state index contributed by atoms with van der Waals surface area (Å²) in [5.74, 6) is -0.113. The lowest BCUT2D eigenvalue weighted by Gasteiger charge is -2.23. The molecule has 1 unspecified atom stereocenters. The van der Waals surface area contributed by atoms with E-state index in [0.29, 0.717) is 24.4 Å². The number of alkyl halides is 3. The fourth-order valence-corrected chi connectivity index (χ4v) is 2.01. The first-order valence-electron chi connectivity index (χ1n) is 6.77. The van der Waals surface area contributed by atoms with Crippen LogP contribution in [0.1, 0.15) is 5.56 Å². The maximum Gasteiger partial charge on any atom is 0.422 e. The van der Waals surface area contributed by atoms with Crippen molar-refractivity contribution in [1.29, 1.82) is 0 Å². The van der Waals surface area contributed by atoms with Crippen molar-refractivity contribution < 1.29 is 27.4 Å². The van der Waals surface area contributed by atoms with Gasteiger partial charge >= 0.3 is 6.18 Å². The van der Waals surface area contributed by atoms with Gasteiger partial charge in [-0.05, 0) is 30.7 Å². The van der Waals surface area contributed by atoms with Crippen LogP contribution in [0.3, 0.4) is 0 Å². The van der Waals surface area contributed by atoms with Crippen LogP contribution in [-0.4, -0.2) is 44.5 Å². The summed E-state index contributed by atoms with van der Waals surface area (Å²) in [6.45, 7) is 1.72. The van der Waals surface area contributed by atoms with Gasteiger partial charge in [-0.25, -0.2) is 0 Å². The molecule has 0 aromatic heterocycles. The van der Waals surface area contributed by atoms with Gasteiger partial charge in [0.15, 0.2) is 6.61 Å². The fourth-order valence-electron chi connectivity index (χ4n) is 2.01. The molecule has 0 saturated carbocycles. The number of benzene rings is 1. The molecule has 0 radical (unpaired) electrons. The molecule has 2 rings (SSSR count). The number of nitrogens with one attached hydrogen (secondary N) is 2. The number of carbonyl (C=O) groups is 1. The zero-order valence-electron chi connectivity index (χ0n) is 12.4. The molecule has 1 atom stereocenters. The topological polar surface area (TPSA) is 59.6 Å². The van der Waals surface area contributed by atoms with Crippen LogP contribution in [0.2, 0.25) is 0 Å². The van der Waals surface area contributed by atoms with Crippen LogP contribution in [0, 0.1) is 6.92 Å². The zero-order chi connectivity index (χ0) is 16.2. The SMILES string of the molecule is Cc1cc(NC(=O)C2COCCN2)ccc1OCC(F)(F)F.Cl. The Balaban J connectivity index is 0.00000264. The molecule has 2 N–H and O–H groups in total. The zero-order valence-corrected chi connectivity index (χ0v) is 13.2. The van der Waals surface area contributed by atoms with E-state index in [1.54, 1.807) is 13.0 Å². The van der Waals surface area contributed by atoms with Gasteiger partial charge in [-0.15, -0.1) is 12.4 Å². The van der Waals surface area contributed by atoms with Crippen molar-refractivity contribution in [3.05, 3.63) is 23.8 Å². The summed E-state index contributed by atoms with van der Waals surface area (Å²) >= 11 is 0. The van der Waals surface area contributed by atoms with Crippen LogP contribution in [0.5, 0.6) is 5.75 Å². The van der Waals surface area contributed by atoms with E-state index in [1.807, 2.05) is 0 Å². The molecular weight excluding hydrogens is 337 g/mol. The van der Waals surface area contributed by atoms with Crippen molar-refractivity contribution in [1.82, 2.24) is 5.32 Å². The van der Waals surface area contributed by atoms with Gasteiger partial charge in [0.05, 0.1) is 13.2 Å². The number of rotatable bonds is 4. The quantitative estimate of drug-likeness (QED) is 0.871. The summed E-state index contributed by atoms with van der Waals surface area (Å²) < 4.78 is 46.3. The van der Waals surface area contributed by atoms with E-state index < -0.39 is 18.8 Å². The molecule has 1 aliphatic heterocycles. The molecular formula is C14H18ClF3N2O3. The lowest BCUT2D eigenvalue weighted by atomic mass is 10.2. The Labute approximate surface area is 137 Å². The van der Waals surface area contributed by atoms with Crippen LogP contribution < -0.4 is 15.4 Å². The molecule has 5 nitrogen and oxygen atoms in total. The van der Waals surface area contributed by atoms with Crippen LogP contribution in [0.4, 0.5) is 18.9 Å². The van der Waals surface area contributed by atoms with Gasteiger partial charge in [-0.1, -0.05) is 0 Å². The van der Waals surface area contributed by atoms with Gasteiger partial charge in [0.1, 0.15) is 11.8 Å². The van der Waals surface area contributed by atoms with Gasteiger partial charge < -0.3 is 20.1 Å². The number of hydrogen-bond donors (Lipinski definition) is 2. The summed E-state index contributed by atoms with van der Waals surface area (Å²) in [7, 11) is 0.